The molecule has 148 valence electrons. The van der Waals surface area contributed by atoms with Crippen LogP contribution in [0.25, 0.3) is 23.0 Å². The molecule has 0 N–H and O–H groups in total. The Hall–Kier alpha value is -2.93. The highest BCUT2D eigenvalue weighted by molar-refractivity contribution is 6.29. The minimum absolute atomic E-state index is 0.176. The number of halogens is 1. The van der Waals surface area contributed by atoms with E-state index in [9.17, 15) is 0 Å². The lowest BCUT2D eigenvalue weighted by molar-refractivity contribution is 0.362. The van der Waals surface area contributed by atoms with Crippen LogP contribution in [0.2, 0.25) is 5.15 Å². The summed E-state index contributed by atoms with van der Waals surface area (Å²) < 4.78 is 7.35. The van der Waals surface area contributed by atoms with Crippen LogP contribution in [0.1, 0.15) is 36.1 Å². The molecule has 5 rings (SSSR count). The molecule has 1 saturated carbocycles. The van der Waals surface area contributed by atoms with E-state index in [0.29, 0.717) is 29.1 Å². The zero-order valence-corrected chi connectivity index (χ0v) is 17.3. The second-order valence-electron chi connectivity index (χ2n) is 7.83. The van der Waals surface area contributed by atoms with Crippen LogP contribution in [-0.4, -0.2) is 32.8 Å². The van der Waals surface area contributed by atoms with E-state index >= 15 is 0 Å². The van der Waals surface area contributed by atoms with Crippen molar-refractivity contribution in [2.75, 3.05) is 0 Å². The van der Waals surface area contributed by atoms with E-state index in [0.717, 1.165) is 35.2 Å². The maximum atomic E-state index is 6.40. The fourth-order valence-corrected chi connectivity index (χ4v) is 3.80. The fourth-order valence-electron chi connectivity index (χ4n) is 3.69. The average molecular weight is 416 g/mol. The molecular formula is C22H19BClN5O. The first-order valence-corrected chi connectivity index (χ1v) is 10.3. The van der Waals surface area contributed by atoms with Crippen LogP contribution in [0.3, 0.4) is 0 Å². The lowest BCUT2D eigenvalue weighted by Crippen LogP contribution is -2.34. The molecule has 0 spiro atoms. The molecule has 0 unspecified atom stereocenters. The third-order valence-electron chi connectivity index (χ3n) is 5.71. The first kappa shape index (κ1) is 19.1. The van der Waals surface area contributed by atoms with Gasteiger partial charge >= 0.3 is 0 Å². The predicted molar refractivity (Wildman–Crippen MR) is 115 cm³/mol. The molecule has 2 radical (unpaired) electrons. The quantitative estimate of drug-likeness (QED) is 0.353. The molecule has 3 heterocycles. The minimum atomic E-state index is -0.176. The first-order chi connectivity index (χ1) is 14.5. The van der Waals surface area contributed by atoms with Crippen molar-refractivity contribution in [3.8, 4) is 23.0 Å². The topological polar surface area (TPSA) is 69.6 Å². The van der Waals surface area contributed by atoms with E-state index in [-0.39, 0.29) is 5.31 Å². The molecule has 1 aliphatic rings. The second kappa shape index (κ2) is 7.40. The van der Waals surface area contributed by atoms with Gasteiger partial charge in [-0.15, -0.1) is 0 Å². The van der Waals surface area contributed by atoms with Gasteiger partial charge in [0.2, 0.25) is 5.82 Å². The van der Waals surface area contributed by atoms with Gasteiger partial charge < -0.3 is 4.52 Å². The summed E-state index contributed by atoms with van der Waals surface area (Å²) in [5.74, 6) is 0.921. The van der Waals surface area contributed by atoms with Crippen LogP contribution in [0.5, 0.6) is 0 Å². The highest BCUT2D eigenvalue weighted by Crippen LogP contribution is 2.41. The van der Waals surface area contributed by atoms with Gasteiger partial charge in [0.25, 0.3) is 5.89 Å². The first-order valence-electron chi connectivity index (χ1n) is 9.89. The molecule has 0 atom stereocenters. The Kier molecular flexibility index (Phi) is 4.70. The van der Waals surface area contributed by atoms with Crippen LogP contribution in [-0.2, 0) is 11.9 Å². The zero-order valence-electron chi connectivity index (χ0n) is 16.5. The summed E-state index contributed by atoms with van der Waals surface area (Å²) in [4.78, 5) is 8.65. The SMILES string of the molecule is [B]C1(c2ccc(-c3noc(-c4cc(C)n(Cc5ccc(Cl)nc5)n4)n3)cc2)CCC1. The molecule has 8 heteroatoms. The van der Waals surface area contributed by atoms with Crippen LogP contribution in [0.4, 0.5) is 0 Å². The molecule has 3 aromatic heterocycles. The van der Waals surface area contributed by atoms with Gasteiger partial charge in [0.15, 0.2) is 5.69 Å². The Morgan fingerprint density at radius 3 is 2.63 bits per heavy atom. The number of rotatable bonds is 5. The van der Waals surface area contributed by atoms with E-state index < -0.39 is 0 Å². The third kappa shape index (κ3) is 3.54. The normalized spacial score (nSPS) is 15.1. The molecule has 0 aliphatic heterocycles. The van der Waals surface area contributed by atoms with Gasteiger partial charge in [-0.2, -0.15) is 10.1 Å². The lowest BCUT2D eigenvalue weighted by atomic mass is 9.52. The number of aryl methyl sites for hydroxylation is 1. The largest absolute Gasteiger partial charge is 0.332 e. The summed E-state index contributed by atoms with van der Waals surface area (Å²) in [5, 5.41) is 9.04. The fraction of sp³-hybridized carbons (Fsp3) is 0.273. The van der Waals surface area contributed by atoms with E-state index in [2.05, 4.69) is 32.4 Å². The van der Waals surface area contributed by atoms with Crippen molar-refractivity contribution < 1.29 is 4.52 Å². The summed E-state index contributed by atoms with van der Waals surface area (Å²) in [6.45, 7) is 2.57. The monoisotopic (exact) mass is 415 g/mol. The van der Waals surface area contributed by atoms with E-state index in [4.69, 9.17) is 24.0 Å². The summed E-state index contributed by atoms with van der Waals surface area (Å²) in [6, 6.07) is 13.7. The van der Waals surface area contributed by atoms with Crippen molar-refractivity contribution in [1.82, 2.24) is 24.9 Å². The summed E-state index contributed by atoms with van der Waals surface area (Å²) in [7, 11) is 6.40. The number of hydrogen-bond donors (Lipinski definition) is 0. The Bertz CT molecular complexity index is 1180. The summed E-state index contributed by atoms with van der Waals surface area (Å²) in [6.07, 6.45) is 5.00. The Morgan fingerprint density at radius 1 is 1.17 bits per heavy atom. The molecule has 1 aliphatic carbocycles. The molecule has 4 aromatic rings. The van der Waals surface area contributed by atoms with E-state index in [1.165, 1.54) is 6.42 Å². The standard InChI is InChI=1S/C22H19BClN5O/c1-14-11-18(27-29(14)13-15-3-8-19(24)25-12-15)21-26-20(28-30-21)16-4-6-17(7-5-16)22(23)9-2-10-22/h3-8,11-12H,2,9-10,13H2,1H3. The van der Waals surface area contributed by atoms with E-state index in [1.807, 2.05) is 35.9 Å². The van der Waals surface area contributed by atoms with Crippen molar-refractivity contribution >= 4 is 19.4 Å². The second-order valence-corrected chi connectivity index (χ2v) is 8.22. The number of benzene rings is 1. The van der Waals surface area contributed by atoms with Crippen molar-refractivity contribution in [1.29, 1.82) is 0 Å². The van der Waals surface area contributed by atoms with Gasteiger partial charge in [-0.05, 0) is 29.9 Å². The van der Waals surface area contributed by atoms with Crippen LogP contribution in [0.15, 0.2) is 53.2 Å². The van der Waals surface area contributed by atoms with Gasteiger partial charge in [-0.1, -0.05) is 71.9 Å². The van der Waals surface area contributed by atoms with Gasteiger partial charge in [0, 0.05) is 17.5 Å². The number of aromatic nitrogens is 5. The smallest absolute Gasteiger partial charge is 0.278 e. The number of nitrogens with zero attached hydrogens (tertiary/aromatic N) is 5. The Balaban J connectivity index is 1.36. The molecule has 30 heavy (non-hydrogen) atoms. The predicted octanol–water partition coefficient (Wildman–Crippen LogP) is 4.55. The molecule has 1 fully saturated rings. The summed E-state index contributed by atoms with van der Waals surface area (Å²) in [5.41, 5.74) is 4.68. The molecule has 6 nitrogen and oxygen atoms in total. The maximum Gasteiger partial charge on any atom is 0.278 e. The van der Waals surface area contributed by atoms with Crippen molar-refractivity contribution in [3.05, 3.63) is 70.6 Å². The van der Waals surface area contributed by atoms with Gasteiger partial charge in [-0.25, -0.2) is 4.98 Å². The number of hydrogen-bond acceptors (Lipinski definition) is 5. The van der Waals surface area contributed by atoms with Crippen LogP contribution in [0, 0.1) is 6.92 Å². The van der Waals surface area contributed by atoms with Gasteiger partial charge in [0.05, 0.1) is 14.4 Å². The minimum Gasteiger partial charge on any atom is -0.332 e. The Labute approximate surface area is 180 Å². The molecule has 0 amide bonds. The highest BCUT2D eigenvalue weighted by Gasteiger charge is 2.32. The van der Waals surface area contributed by atoms with Crippen LogP contribution < -0.4 is 0 Å². The summed E-state index contributed by atoms with van der Waals surface area (Å²) >= 11 is 5.86. The lowest BCUT2D eigenvalue weighted by Gasteiger charge is -2.39. The van der Waals surface area contributed by atoms with Crippen LogP contribution >= 0.6 is 11.6 Å². The number of pyridine rings is 1. The molecule has 1 aromatic carbocycles. The zero-order chi connectivity index (χ0) is 20.7. The Morgan fingerprint density at radius 2 is 1.97 bits per heavy atom. The van der Waals surface area contributed by atoms with Gasteiger partial charge in [0.1, 0.15) is 5.15 Å². The third-order valence-corrected chi connectivity index (χ3v) is 5.93. The van der Waals surface area contributed by atoms with Crippen molar-refractivity contribution in [3.63, 3.8) is 0 Å². The highest BCUT2D eigenvalue weighted by atomic mass is 35.5. The molecule has 0 saturated heterocycles. The van der Waals surface area contributed by atoms with E-state index in [1.54, 1.807) is 12.3 Å². The molecule has 0 bridgehead atoms. The van der Waals surface area contributed by atoms with Crippen molar-refractivity contribution in [2.24, 2.45) is 0 Å². The molecular weight excluding hydrogens is 397 g/mol. The maximum absolute atomic E-state index is 6.40. The van der Waals surface area contributed by atoms with Gasteiger partial charge in [-0.3, -0.25) is 4.68 Å². The van der Waals surface area contributed by atoms with Crippen molar-refractivity contribution in [2.45, 2.75) is 38.0 Å². The average Bonchev–Trinajstić information content (AvgIpc) is 3.35.